The molecule has 0 aliphatic heterocycles. The Kier molecular flexibility index (Phi) is 9.35. The number of benzene rings is 2. The number of rotatable bonds is 6. The van der Waals surface area contributed by atoms with Crippen molar-refractivity contribution in [2.45, 2.75) is 89.9 Å². The maximum absolute atomic E-state index is 13.0. The van der Waals surface area contributed by atoms with E-state index in [4.69, 9.17) is 9.05 Å². The van der Waals surface area contributed by atoms with Gasteiger partial charge in [-0.2, -0.15) is 0 Å². The molecule has 168 valence electrons. The Labute approximate surface area is 215 Å². The van der Waals surface area contributed by atoms with Crippen molar-refractivity contribution >= 4 is 7.82 Å². The van der Waals surface area contributed by atoms with Gasteiger partial charge in [0.25, 0.3) is 0 Å². The Morgan fingerprint density at radius 1 is 0.719 bits per heavy atom. The van der Waals surface area contributed by atoms with Crippen molar-refractivity contribution in [1.29, 1.82) is 0 Å². The van der Waals surface area contributed by atoms with Gasteiger partial charge in [-0.3, -0.25) is 0 Å². The van der Waals surface area contributed by atoms with E-state index in [1.807, 2.05) is 50.2 Å². The molecule has 32 heavy (non-hydrogen) atoms. The maximum Gasteiger partial charge on any atom is 1.00 e. The molecule has 0 spiro atoms. The van der Waals surface area contributed by atoms with Crippen LogP contribution >= 0.6 is 7.82 Å². The van der Waals surface area contributed by atoms with Gasteiger partial charge in [-0.1, -0.05) is 62.8 Å². The molecular formula is C26H34NaO4P. The molecule has 0 N–H and O–H groups in total. The third kappa shape index (κ3) is 6.64. The van der Waals surface area contributed by atoms with Gasteiger partial charge in [0.1, 0.15) is 11.5 Å². The smallest absolute Gasteiger partial charge is 0.736 e. The van der Waals surface area contributed by atoms with Crippen LogP contribution < -0.4 is 43.5 Å². The Morgan fingerprint density at radius 3 is 1.47 bits per heavy atom. The first-order chi connectivity index (χ1) is 14.9. The summed E-state index contributed by atoms with van der Waals surface area (Å²) in [5.41, 5.74) is 3.93. The zero-order valence-corrected chi connectivity index (χ0v) is 22.7. The Morgan fingerprint density at radius 2 is 1.09 bits per heavy atom. The minimum atomic E-state index is -4.58. The van der Waals surface area contributed by atoms with E-state index in [-0.39, 0.29) is 29.6 Å². The fourth-order valence-electron chi connectivity index (χ4n) is 5.20. The second kappa shape index (κ2) is 11.6. The molecule has 4 nitrogen and oxygen atoms in total. The summed E-state index contributed by atoms with van der Waals surface area (Å²) in [5.74, 6) is 1.55. The van der Waals surface area contributed by atoms with Crippen molar-refractivity contribution in [3.8, 4) is 11.5 Å². The number of hydrogen-bond donors (Lipinski definition) is 0. The fourth-order valence-corrected chi connectivity index (χ4v) is 6.04. The average molecular weight is 465 g/mol. The first-order valence-corrected chi connectivity index (χ1v) is 13.3. The van der Waals surface area contributed by atoms with Gasteiger partial charge in [-0.15, -0.1) is 0 Å². The van der Waals surface area contributed by atoms with Crippen LogP contribution in [0.4, 0.5) is 0 Å². The SMILES string of the molecule is Cc1ccc(C2CCCCC2)c(OP(=O)([O-])Oc2cc(C)ccc2C2CCCCC2)c1.[Na+]. The molecule has 2 aromatic rings. The molecule has 0 saturated heterocycles. The van der Waals surface area contributed by atoms with Crippen molar-refractivity contribution < 1.29 is 48.1 Å². The van der Waals surface area contributed by atoms with Gasteiger partial charge in [0.2, 0.25) is 0 Å². The van der Waals surface area contributed by atoms with Gasteiger partial charge in [-0.05, 0) is 85.8 Å². The molecule has 6 heteroatoms. The molecule has 0 heterocycles. The molecule has 0 amide bonds. The second-order valence-corrected chi connectivity index (χ2v) is 10.6. The minimum absolute atomic E-state index is 0. The number of hydrogen-bond acceptors (Lipinski definition) is 4. The number of aryl methyl sites for hydroxylation is 2. The van der Waals surface area contributed by atoms with Gasteiger partial charge < -0.3 is 13.9 Å². The monoisotopic (exact) mass is 464 g/mol. The van der Waals surface area contributed by atoms with Crippen molar-refractivity contribution in [2.75, 3.05) is 0 Å². The van der Waals surface area contributed by atoms with E-state index < -0.39 is 7.82 Å². The molecule has 0 aromatic heterocycles. The first kappa shape index (κ1) is 25.8. The van der Waals surface area contributed by atoms with Crippen LogP contribution in [0.2, 0.25) is 0 Å². The topological polar surface area (TPSA) is 58.6 Å². The number of phosphoric ester groups is 1. The van der Waals surface area contributed by atoms with Gasteiger partial charge in [0, 0.05) is 0 Å². The molecule has 2 fully saturated rings. The molecule has 2 aliphatic rings. The van der Waals surface area contributed by atoms with E-state index in [0.29, 0.717) is 23.3 Å². The molecule has 0 unspecified atom stereocenters. The predicted molar refractivity (Wildman–Crippen MR) is 123 cm³/mol. The molecule has 0 radical (unpaired) electrons. The van der Waals surface area contributed by atoms with Crippen LogP contribution in [0.3, 0.4) is 0 Å². The molecule has 2 aliphatic carbocycles. The largest absolute Gasteiger partial charge is 1.00 e. The van der Waals surface area contributed by atoms with E-state index in [1.165, 1.54) is 38.5 Å². The van der Waals surface area contributed by atoms with Gasteiger partial charge in [0.15, 0.2) is 0 Å². The van der Waals surface area contributed by atoms with Crippen LogP contribution in [0.1, 0.15) is 98.3 Å². The molecular weight excluding hydrogens is 430 g/mol. The van der Waals surface area contributed by atoms with Crippen LogP contribution in [0.5, 0.6) is 11.5 Å². The third-order valence-corrected chi connectivity index (χ3v) is 7.69. The summed E-state index contributed by atoms with van der Waals surface area (Å²) in [6.07, 6.45) is 11.5. The van der Waals surface area contributed by atoms with Crippen molar-refractivity contribution in [3.05, 3.63) is 58.7 Å². The molecule has 0 bridgehead atoms. The molecule has 2 saturated carbocycles. The summed E-state index contributed by atoms with van der Waals surface area (Å²) in [7, 11) is -4.58. The van der Waals surface area contributed by atoms with Gasteiger partial charge in [0.05, 0.1) is 0 Å². The van der Waals surface area contributed by atoms with Crippen molar-refractivity contribution in [3.63, 3.8) is 0 Å². The van der Waals surface area contributed by atoms with Crippen molar-refractivity contribution in [2.24, 2.45) is 0 Å². The normalized spacial score (nSPS) is 18.1. The summed E-state index contributed by atoms with van der Waals surface area (Å²) in [4.78, 5) is 13.0. The Balaban J connectivity index is 0.00000289. The van der Waals surface area contributed by atoms with E-state index in [9.17, 15) is 9.46 Å². The zero-order chi connectivity index (χ0) is 21.8. The van der Waals surface area contributed by atoms with Crippen LogP contribution in [-0.4, -0.2) is 0 Å². The number of phosphoric acid groups is 1. The van der Waals surface area contributed by atoms with Crippen molar-refractivity contribution in [1.82, 2.24) is 0 Å². The standard InChI is InChI=1S/C26H35O4P.Na/c1-19-13-15-23(21-9-5-3-6-10-21)25(17-19)29-31(27,28)30-26-18-20(2)14-16-24(26)22-11-7-4-8-12-22;/h13-18,21-22H,3-12H2,1-2H3,(H,27,28);/q;+1/p-1. The minimum Gasteiger partial charge on any atom is -0.736 e. The third-order valence-electron chi connectivity index (χ3n) is 6.85. The molecule has 4 rings (SSSR count). The molecule has 2 aromatic carbocycles. The Bertz CT molecular complexity index is 875. The van der Waals surface area contributed by atoms with E-state index in [2.05, 4.69) is 0 Å². The first-order valence-electron chi connectivity index (χ1n) is 11.8. The van der Waals surface area contributed by atoms with Crippen LogP contribution in [0, 0.1) is 13.8 Å². The van der Waals surface area contributed by atoms with E-state index in [0.717, 1.165) is 47.9 Å². The fraction of sp³-hybridized carbons (Fsp3) is 0.538. The van der Waals surface area contributed by atoms with Gasteiger partial charge in [-0.25, -0.2) is 4.57 Å². The summed E-state index contributed by atoms with van der Waals surface area (Å²) in [5, 5.41) is 0. The predicted octanol–water partition coefficient (Wildman–Crippen LogP) is 4.33. The quantitative estimate of drug-likeness (QED) is 0.472. The summed E-state index contributed by atoms with van der Waals surface area (Å²) in [6.45, 7) is 3.91. The maximum atomic E-state index is 13.0. The van der Waals surface area contributed by atoms with Gasteiger partial charge >= 0.3 is 37.4 Å². The van der Waals surface area contributed by atoms with Crippen LogP contribution in [0.25, 0.3) is 0 Å². The zero-order valence-electron chi connectivity index (χ0n) is 19.8. The summed E-state index contributed by atoms with van der Waals surface area (Å²) < 4.78 is 24.3. The molecule has 0 atom stereocenters. The Hall–Kier alpha value is -0.770. The average Bonchev–Trinajstić information content (AvgIpc) is 2.74. The summed E-state index contributed by atoms with van der Waals surface area (Å²) >= 11 is 0. The second-order valence-electron chi connectivity index (χ2n) is 9.38. The van der Waals surface area contributed by atoms with Crippen LogP contribution in [-0.2, 0) is 4.57 Å². The summed E-state index contributed by atoms with van der Waals surface area (Å²) in [6, 6.07) is 11.8. The van der Waals surface area contributed by atoms with E-state index >= 15 is 0 Å². The van der Waals surface area contributed by atoms with Crippen LogP contribution in [0.15, 0.2) is 36.4 Å². The van der Waals surface area contributed by atoms with E-state index in [1.54, 1.807) is 0 Å².